The third-order valence-electron chi connectivity index (χ3n) is 4.84. The second-order valence-corrected chi connectivity index (χ2v) is 6.70. The predicted molar refractivity (Wildman–Crippen MR) is 80.6 cm³/mol. The Morgan fingerprint density at radius 2 is 2.00 bits per heavy atom. The molecule has 3 rings (SSSR count). The zero-order valence-electron chi connectivity index (χ0n) is 12.4. The minimum Gasteiger partial charge on any atom is -0.317 e. The van der Waals surface area contributed by atoms with Crippen molar-refractivity contribution in [1.82, 2.24) is 10.6 Å². The van der Waals surface area contributed by atoms with Crippen LogP contribution in [-0.2, 0) is 5.41 Å². The molecule has 104 valence electrons. The summed E-state index contributed by atoms with van der Waals surface area (Å²) in [4.78, 5) is 0. The molecule has 2 N–H and O–H groups in total. The van der Waals surface area contributed by atoms with Gasteiger partial charge in [0.05, 0.1) is 0 Å². The molecule has 0 radical (unpaired) electrons. The first-order chi connectivity index (χ1) is 9.11. The van der Waals surface area contributed by atoms with Crippen molar-refractivity contribution < 1.29 is 0 Å². The summed E-state index contributed by atoms with van der Waals surface area (Å²) in [5.74, 6) is 0. The Labute approximate surface area is 117 Å². The second kappa shape index (κ2) is 4.92. The monoisotopic (exact) mass is 258 g/mol. The Hall–Kier alpha value is -0.860. The van der Waals surface area contributed by atoms with E-state index in [9.17, 15) is 0 Å². The first-order valence-electron chi connectivity index (χ1n) is 7.68. The van der Waals surface area contributed by atoms with Crippen LogP contribution in [0.25, 0.3) is 0 Å². The van der Waals surface area contributed by atoms with Crippen LogP contribution in [0.5, 0.6) is 0 Å². The van der Waals surface area contributed by atoms with Crippen LogP contribution in [0.3, 0.4) is 0 Å². The first-order valence-corrected chi connectivity index (χ1v) is 7.68. The standard InChI is InChI=1S/C17H26N2/c1-12(2)19-16-11-17(6-8-18-9-7-17)15-5-4-13(3)10-14(15)16/h4-5,10,12,16,18-19H,6-9,11H2,1-3H3. The molecule has 0 saturated carbocycles. The van der Waals surface area contributed by atoms with Crippen LogP contribution in [0, 0.1) is 6.92 Å². The van der Waals surface area contributed by atoms with Gasteiger partial charge < -0.3 is 10.6 Å². The van der Waals surface area contributed by atoms with E-state index in [2.05, 4.69) is 49.6 Å². The topological polar surface area (TPSA) is 24.1 Å². The van der Waals surface area contributed by atoms with E-state index in [0.717, 1.165) is 0 Å². The SMILES string of the molecule is Cc1ccc2c(c1)C(NC(C)C)CC21CCNCC1. The fourth-order valence-electron chi connectivity index (χ4n) is 3.99. The molecule has 1 unspecified atom stereocenters. The lowest BCUT2D eigenvalue weighted by atomic mass is 9.74. The summed E-state index contributed by atoms with van der Waals surface area (Å²) in [7, 11) is 0. The first kappa shape index (κ1) is 13.1. The van der Waals surface area contributed by atoms with Crippen LogP contribution in [0.4, 0.5) is 0 Å². The number of fused-ring (bicyclic) bond motifs is 2. The Balaban J connectivity index is 1.99. The van der Waals surface area contributed by atoms with Gasteiger partial charge in [0.1, 0.15) is 0 Å². The summed E-state index contributed by atoms with van der Waals surface area (Å²) >= 11 is 0. The Kier molecular flexibility index (Phi) is 3.40. The number of benzene rings is 1. The van der Waals surface area contributed by atoms with Crippen molar-refractivity contribution >= 4 is 0 Å². The van der Waals surface area contributed by atoms with Gasteiger partial charge in [-0.2, -0.15) is 0 Å². The van der Waals surface area contributed by atoms with Crippen molar-refractivity contribution in [3.63, 3.8) is 0 Å². The molecule has 1 fully saturated rings. The van der Waals surface area contributed by atoms with Crippen LogP contribution >= 0.6 is 0 Å². The second-order valence-electron chi connectivity index (χ2n) is 6.70. The maximum atomic E-state index is 3.78. The predicted octanol–water partition coefficient (Wildman–Crippen LogP) is 3.06. The Morgan fingerprint density at radius 1 is 1.26 bits per heavy atom. The van der Waals surface area contributed by atoms with Gasteiger partial charge in [0.25, 0.3) is 0 Å². The molecule has 19 heavy (non-hydrogen) atoms. The molecular weight excluding hydrogens is 232 g/mol. The summed E-state index contributed by atoms with van der Waals surface area (Å²) in [5, 5.41) is 7.29. The van der Waals surface area contributed by atoms with Crippen LogP contribution in [-0.4, -0.2) is 19.1 Å². The van der Waals surface area contributed by atoms with Crippen molar-refractivity contribution in [3.05, 3.63) is 34.9 Å². The van der Waals surface area contributed by atoms with Crippen molar-refractivity contribution in [3.8, 4) is 0 Å². The zero-order chi connectivity index (χ0) is 13.5. The molecule has 1 aromatic rings. The van der Waals surface area contributed by atoms with Crippen LogP contribution in [0.15, 0.2) is 18.2 Å². The third kappa shape index (κ3) is 2.32. The highest BCUT2D eigenvalue weighted by atomic mass is 15.0. The molecule has 1 heterocycles. The summed E-state index contributed by atoms with van der Waals surface area (Å²) in [6.45, 7) is 9.05. The van der Waals surface area contributed by atoms with E-state index in [4.69, 9.17) is 0 Å². The summed E-state index contributed by atoms with van der Waals surface area (Å²) in [5.41, 5.74) is 5.01. The number of nitrogens with one attached hydrogen (secondary N) is 2. The number of piperidine rings is 1. The van der Waals surface area contributed by atoms with Gasteiger partial charge in [-0.05, 0) is 55.8 Å². The Bertz CT molecular complexity index is 458. The summed E-state index contributed by atoms with van der Waals surface area (Å²) < 4.78 is 0. The van der Waals surface area contributed by atoms with Gasteiger partial charge >= 0.3 is 0 Å². The molecule has 2 aliphatic rings. The minimum absolute atomic E-state index is 0.431. The quantitative estimate of drug-likeness (QED) is 0.852. The highest BCUT2D eigenvalue weighted by Crippen LogP contribution is 2.50. The number of hydrogen-bond donors (Lipinski definition) is 2. The smallest absolute Gasteiger partial charge is 0.0333 e. The fourth-order valence-corrected chi connectivity index (χ4v) is 3.99. The minimum atomic E-state index is 0.431. The number of hydrogen-bond acceptors (Lipinski definition) is 2. The normalized spacial score (nSPS) is 24.9. The molecule has 0 aromatic heterocycles. The largest absolute Gasteiger partial charge is 0.317 e. The molecular formula is C17H26N2. The molecule has 2 heteroatoms. The van der Waals surface area contributed by atoms with E-state index < -0.39 is 0 Å². The maximum Gasteiger partial charge on any atom is 0.0333 e. The average Bonchev–Trinajstić information content (AvgIpc) is 2.63. The van der Waals surface area contributed by atoms with Crippen molar-refractivity contribution in [2.45, 2.75) is 57.5 Å². The maximum absolute atomic E-state index is 3.78. The van der Waals surface area contributed by atoms with Gasteiger partial charge in [-0.3, -0.25) is 0 Å². The van der Waals surface area contributed by atoms with Crippen molar-refractivity contribution in [2.75, 3.05) is 13.1 Å². The third-order valence-corrected chi connectivity index (χ3v) is 4.84. The zero-order valence-corrected chi connectivity index (χ0v) is 12.4. The fraction of sp³-hybridized carbons (Fsp3) is 0.647. The van der Waals surface area contributed by atoms with Gasteiger partial charge in [-0.25, -0.2) is 0 Å². The molecule has 1 saturated heterocycles. The summed E-state index contributed by atoms with van der Waals surface area (Å²) in [6.07, 6.45) is 3.87. The van der Waals surface area contributed by atoms with Crippen LogP contribution < -0.4 is 10.6 Å². The van der Waals surface area contributed by atoms with E-state index in [1.54, 1.807) is 11.1 Å². The van der Waals surface area contributed by atoms with Gasteiger partial charge in [-0.1, -0.05) is 37.6 Å². The number of aryl methyl sites for hydroxylation is 1. The Morgan fingerprint density at radius 3 is 2.68 bits per heavy atom. The molecule has 1 aliphatic carbocycles. The molecule has 1 aromatic carbocycles. The molecule has 1 spiro atoms. The lowest BCUT2D eigenvalue weighted by Crippen LogP contribution is -2.39. The highest BCUT2D eigenvalue weighted by molar-refractivity contribution is 5.44. The van der Waals surface area contributed by atoms with Gasteiger partial charge in [0.2, 0.25) is 0 Å². The summed E-state index contributed by atoms with van der Waals surface area (Å²) in [6, 6.07) is 8.20. The van der Waals surface area contributed by atoms with E-state index in [-0.39, 0.29) is 0 Å². The van der Waals surface area contributed by atoms with E-state index in [1.807, 2.05) is 0 Å². The molecule has 1 atom stereocenters. The van der Waals surface area contributed by atoms with Crippen LogP contribution in [0.1, 0.15) is 55.8 Å². The molecule has 0 bridgehead atoms. The van der Waals surface area contributed by atoms with E-state index >= 15 is 0 Å². The molecule has 2 nitrogen and oxygen atoms in total. The lowest BCUT2D eigenvalue weighted by Gasteiger charge is -2.35. The highest BCUT2D eigenvalue weighted by Gasteiger charge is 2.44. The van der Waals surface area contributed by atoms with Gasteiger partial charge in [0.15, 0.2) is 0 Å². The lowest BCUT2D eigenvalue weighted by molar-refractivity contribution is 0.278. The average molecular weight is 258 g/mol. The van der Waals surface area contributed by atoms with Crippen LogP contribution in [0.2, 0.25) is 0 Å². The van der Waals surface area contributed by atoms with E-state index in [1.165, 1.54) is 37.9 Å². The molecule has 1 aliphatic heterocycles. The molecule has 0 amide bonds. The van der Waals surface area contributed by atoms with Gasteiger partial charge in [-0.15, -0.1) is 0 Å². The van der Waals surface area contributed by atoms with Crippen molar-refractivity contribution in [1.29, 1.82) is 0 Å². The van der Waals surface area contributed by atoms with Gasteiger partial charge in [0, 0.05) is 12.1 Å². The number of rotatable bonds is 2. The van der Waals surface area contributed by atoms with E-state index in [0.29, 0.717) is 17.5 Å². The van der Waals surface area contributed by atoms with Crippen molar-refractivity contribution in [2.24, 2.45) is 0 Å².